The maximum atomic E-state index is 14.9. The number of oxime groups is 1. The normalized spacial score (nSPS) is 20.4. The number of hydrogen-bond acceptors (Lipinski definition) is 7. The molecule has 2 atom stereocenters. The molecule has 48 heavy (non-hydrogen) atoms. The van der Waals surface area contributed by atoms with Crippen molar-refractivity contribution >= 4 is 53.1 Å². The average Bonchev–Trinajstić information content (AvgIpc) is 3.54. The van der Waals surface area contributed by atoms with Crippen molar-refractivity contribution in [1.82, 2.24) is 10.2 Å². The Hall–Kier alpha value is -4.25. The van der Waals surface area contributed by atoms with Gasteiger partial charge in [0.2, 0.25) is 6.10 Å². The fraction of sp³-hybridized carbons (Fsp3) is 0.333. The van der Waals surface area contributed by atoms with Gasteiger partial charge in [-0.2, -0.15) is 0 Å². The van der Waals surface area contributed by atoms with Crippen LogP contribution in [0.15, 0.2) is 71.9 Å². The summed E-state index contributed by atoms with van der Waals surface area (Å²) in [6.07, 6.45) is 2.23. The van der Waals surface area contributed by atoms with Crippen LogP contribution in [0, 0.1) is 5.82 Å². The van der Waals surface area contributed by atoms with Crippen molar-refractivity contribution in [2.45, 2.75) is 57.3 Å². The van der Waals surface area contributed by atoms with Gasteiger partial charge in [0.25, 0.3) is 11.8 Å². The molecule has 6 rings (SSSR count). The minimum atomic E-state index is -1.76. The highest BCUT2D eigenvalue weighted by atomic mass is 35.5. The molecule has 0 unspecified atom stereocenters. The highest BCUT2D eigenvalue weighted by Gasteiger charge is 2.54. The second kappa shape index (κ2) is 13.7. The first-order chi connectivity index (χ1) is 22.4. The molecule has 9 nitrogen and oxygen atoms in total. The number of esters is 1. The lowest BCUT2D eigenvalue weighted by Gasteiger charge is -2.47. The number of halogens is 3. The Kier molecular flexibility index (Phi) is 10.0. The fourth-order valence-electron chi connectivity index (χ4n) is 6.65. The fourth-order valence-corrected chi connectivity index (χ4v) is 6.82. The number of nitrogens with two attached hydrogens (primary N) is 1. The first-order valence-corrected chi connectivity index (χ1v) is 15.9. The van der Waals surface area contributed by atoms with E-state index in [0.29, 0.717) is 17.5 Å². The van der Waals surface area contributed by atoms with Crippen LogP contribution in [0.4, 0.5) is 4.39 Å². The van der Waals surface area contributed by atoms with Crippen LogP contribution in [0.1, 0.15) is 71.8 Å². The van der Waals surface area contributed by atoms with Crippen LogP contribution in [-0.4, -0.2) is 59.7 Å². The third-order valence-electron chi connectivity index (χ3n) is 8.73. The molecule has 3 heterocycles. The van der Waals surface area contributed by atoms with Crippen LogP contribution in [0.2, 0.25) is 5.02 Å². The van der Waals surface area contributed by atoms with Gasteiger partial charge in [-0.1, -0.05) is 59.2 Å². The van der Waals surface area contributed by atoms with E-state index in [4.69, 9.17) is 26.9 Å². The van der Waals surface area contributed by atoms with E-state index in [1.54, 1.807) is 51.1 Å². The summed E-state index contributed by atoms with van der Waals surface area (Å²) in [5, 5.41) is 7.30. The van der Waals surface area contributed by atoms with Gasteiger partial charge in [0.1, 0.15) is 5.60 Å². The lowest BCUT2D eigenvalue weighted by Crippen LogP contribution is -2.62. The molecule has 3 aliphatic heterocycles. The van der Waals surface area contributed by atoms with Crippen LogP contribution in [-0.2, 0) is 31.1 Å². The van der Waals surface area contributed by atoms with E-state index in [9.17, 15) is 18.8 Å². The molecule has 0 aromatic heterocycles. The maximum absolute atomic E-state index is 14.9. The van der Waals surface area contributed by atoms with Crippen molar-refractivity contribution in [3.63, 3.8) is 0 Å². The minimum absolute atomic E-state index is 0. The summed E-state index contributed by atoms with van der Waals surface area (Å²) >= 11 is 6.00. The summed E-state index contributed by atoms with van der Waals surface area (Å²) in [6.45, 7) is 7.03. The molecule has 3 N–H and O–H groups in total. The Labute approximate surface area is 289 Å². The molecular formula is C36H37Cl2FN4O5. The van der Waals surface area contributed by atoms with Gasteiger partial charge < -0.3 is 25.5 Å². The summed E-state index contributed by atoms with van der Waals surface area (Å²) in [7, 11) is 0. The van der Waals surface area contributed by atoms with Crippen molar-refractivity contribution < 1.29 is 28.3 Å². The third kappa shape index (κ3) is 6.32. The van der Waals surface area contributed by atoms with E-state index < -0.39 is 40.8 Å². The van der Waals surface area contributed by atoms with Crippen molar-refractivity contribution in [3.05, 3.63) is 111 Å². The van der Waals surface area contributed by atoms with Crippen molar-refractivity contribution in [2.24, 2.45) is 10.9 Å². The molecule has 0 saturated heterocycles. The summed E-state index contributed by atoms with van der Waals surface area (Å²) < 4.78 is 20.4. The number of benzene rings is 3. The Morgan fingerprint density at radius 3 is 2.44 bits per heavy atom. The Balaban J connectivity index is 0.00000451. The van der Waals surface area contributed by atoms with Gasteiger partial charge in [-0.15, -0.1) is 12.4 Å². The second-order valence-corrected chi connectivity index (χ2v) is 13.3. The van der Waals surface area contributed by atoms with Gasteiger partial charge in [0, 0.05) is 25.1 Å². The first-order valence-electron chi connectivity index (χ1n) is 15.6. The van der Waals surface area contributed by atoms with Gasteiger partial charge >= 0.3 is 5.97 Å². The number of fused-ring (bicyclic) bond motifs is 1. The van der Waals surface area contributed by atoms with Crippen molar-refractivity contribution in [2.75, 3.05) is 19.6 Å². The van der Waals surface area contributed by atoms with E-state index in [0.717, 1.165) is 36.2 Å². The first kappa shape index (κ1) is 35.1. The van der Waals surface area contributed by atoms with E-state index in [-0.39, 0.29) is 47.2 Å². The summed E-state index contributed by atoms with van der Waals surface area (Å²) in [5.41, 5.74) is 8.61. The zero-order valence-electron chi connectivity index (χ0n) is 26.8. The number of carbonyl (C=O) groups is 3. The molecule has 3 aromatic rings. The van der Waals surface area contributed by atoms with Crippen LogP contribution < -0.4 is 11.1 Å². The van der Waals surface area contributed by atoms with Crippen molar-refractivity contribution in [1.29, 1.82) is 0 Å². The standard InChI is InChI=1S/C36H36ClFN4O5.ClH/c1-35(2,3)46-33(44)22-10-12-23(13-11-22)36(34(39)45)27-8-4-6-24(21-14-17-40-18-15-21)25(27)16-19-42(36)32(43)30-20-29(41-47-30)26-7-5-9-28(37)31(26)38;/h4-14,30,40H,15-20H2,1-3H3,(H2,39,45);1H/t30-,36+;/m1./s1. The smallest absolute Gasteiger partial charge is 0.338 e. The summed E-state index contributed by atoms with van der Waals surface area (Å²) in [6, 6.07) is 16.7. The lowest BCUT2D eigenvalue weighted by molar-refractivity contribution is -0.153. The van der Waals surface area contributed by atoms with E-state index in [2.05, 4.69) is 16.5 Å². The number of rotatable bonds is 6. The molecule has 0 radical (unpaired) electrons. The lowest BCUT2D eigenvalue weighted by atomic mass is 9.72. The molecule has 0 spiro atoms. The molecule has 3 aromatic carbocycles. The second-order valence-electron chi connectivity index (χ2n) is 12.8. The van der Waals surface area contributed by atoms with Gasteiger partial charge in [-0.25, -0.2) is 9.18 Å². The predicted molar refractivity (Wildman–Crippen MR) is 184 cm³/mol. The molecule has 0 aliphatic carbocycles. The van der Waals surface area contributed by atoms with Gasteiger partial charge in [0.05, 0.1) is 16.3 Å². The summed E-state index contributed by atoms with van der Waals surface area (Å²) in [5.74, 6) is -2.48. The van der Waals surface area contributed by atoms with E-state index >= 15 is 0 Å². The minimum Gasteiger partial charge on any atom is -0.456 e. The summed E-state index contributed by atoms with van der Waals surface area (Å²) in [4.78, 5) is 48.4. The monoisotopic (exact) mass is 694 g/mol. The van der Waals surface area contributed by atoms with E-state index in [1.165, 1.54) is 17.0 Å². The predicted octanol–water partition coefficient (Wildman–Crippen LogP) is 5.54. The van der Waals surface area contributed by atoms with E-state index in [1.807, 2.05) is 18.2 Å². The molecule has 0 fully saturated rings. The van der Waals surface area contributed by atoms with Crippen LogP contribution >= 0.6 is 24.0 Å². The molecular weight excluding hydrogens is 658 g/mol. The Morgan fingerprint density at radius 1 is 1.06 bits per heavy atom. The van der Waals surface area contributed by atoms with Gasteiger partial charge in [-0.05, 0) is 92.2 Å². The largest absolute Gasteiger partial charge is 0.456 e. The number of amides is 2. The number of primary amides is 1. The molecule has 3 aliphatic rings. The van der Waals surface area contributed by atoms with Crippen molar-refractivity contribution in [3.8, 4) is 0 Å². The van der Waals surface area contributed by atoms with Gasteiger partial charge in [0.15, 0.2) is 11.4 Å². The number of carbonyl (C=O) groups excluding carboxylic acids is 3. The SMILES string of the molecule is CC(C)(C)OC(=O)c1ccc([C@@]2(C(N)=O)c3cccc(C4=CCNCC4)c3CCN2C(=O)[C@H]2CC(c3cccc(Cl)c3F)=NO2)cc1.Cl. The van der Waals surface area contributed by atoms with Crippen LogP contribution in [0.25, 0.3) is 5.57 Å². The molecule has 252 valence electrons. The highest BCUT2D eigenvalue weighted by Crippen LogP contribution is 2.45. The number of nitrogens with one attached hydrogen (secondary N) is 1. The zero-order chi connectivity index (χ0) is 33.5. The van der Waals surface area contributed by atoms with Crippen LogP contribution in [0.5, 0.6) is 0 Å². The molecule has 0 bridgehead atoms. The molecule has 2 amide bonds. The zero-order valence-corrected chi connectivity index (χ0v) is 28.4. The third-order valence-corrected chi connectivity index (χ3v) is 9.02. The molecule has 12 heteroatoms. The number of nitrogens with zero attached hydrogens (tertiary/aromatic N) is 2. The quantitative estimate of drug-likeness (QED) is 0.327. The Morgan fingerprint density at radius 2 is 1.77 bits per heavy atom. The Bertz CT molecular complexity index is 1820. The van der Waals surface area contributed by atoms with Gasteiger partial charge in [-0.3, -0.25) is 9.59 Å². The maximum Gasteiger partial charge on any atom is 0.338 e. The molecule has 0 saturated carbocycles. The van der Waals surface area contributed by atoms with Crippen LogP contribution in [0.3, 0.4) is 0 Å². The average molecular weight is 696 g/mol. The number of hydrogen-bond donors (Lipinski definition) is 2. The highest BCUT2D eigenvalue weighted by molar-refractivity contribution is 6.31. The topological polar surface area (TPSA) is 123 Å². The number of ether oxygens (including phenoxy) is 1.